The average molecular weight is 284 g/mol. The highest BCUT2D eigenvalue weighted by Gasteiger charge is 2.39. The van der Waals surface area contributed by atoms with E-state index in [0.29, 0.717) is 5.75 Å². The Bertz CT molecular complexity index is 391. The summed E-state index contributed by atoms with van der Waals surface area (Å²) < 4.78 is 36.5. The number of halogens is 3. The molecule has 0 spiro atoms. The molecule has 18 heavy (non-hydrogen) atoms. The number of nitrogens with two attached hydrogens (primary N) is 1. The fourth-order valence-corrected chi connectivity index (χ4v) is 1.41. The van der Waals surface area contributed by atoms with E-state index in [1.165, 1.54) is 26.4 Å². The van der Waals surface area contributed by atoms with Crippen LogP contribution in [-0.4, -0.2) is 31.9 Å². The van der Waals surface area contributed by atoms with Crippen molar-refractivity contribution < 1.29 is 23.4 Å². The highest BCUT2D eigenvalue weighted by atomic mass is 35.5. The van der Waals surface area contributed by atoms with Crippen LogP contribution in [0.5, 0.6) is 11.5 Å². The molecule has 0 unspecified atom stereocenters. The van der Waals surface area contributed by atoms with Gasteiger partial charge in [0.05, 0.1) is 14.2 Å². The number of methoxy groups -OCH3 is 2. The molecule has 0 aliphatic rings. The summed E-state index contributed by atoms with van der Waals surface area (Å²) in [6.07, 6.45) is 0. The van der Waals surface area contributed by atoms with Crippen LogP contribution in [0.1, 0.15) is 11.6 Å². The van der Waals surface area contributed by atoms with Crippen LogP contribution >= 0.6 is 12.4 Å². The van der Waals surface area contributed by atoms with Gasteiger partial charge in [-0.1, -0.05) is 0 Å². The molecule has 0 fully saturated rings. The van der Waals surface area contributed by atoms with Crippen LogP contribution in [0.25, 0.3) is 0 Å². The van der Waals surface area contributed by atoms with E-state index in [-0.39, 0.29) is 23.7 Å². The van der Waals surface area contributed by atoms with Crippen LogP contribution in [0.4, 0.5) is 8.78 Å². The highest BCUT2D eigenvalue weighted by Crippen LogP contribution is 2.36. The van der Waals surface area contributed by atoms with Crippen molar-refractivity contribution in [2.24, 2.45) is 5.73 Å². The van der Waals surface area contributed by atoms with Gasteiger partial charge < -0.3 is 20.3 Å². The predicted molar refractivity (Wildman–Crippen MR) is 65.8 cm³/mol. The van der Waals surface area contributed by atoms with Gasteiger partial charge in [-0.25, -0.2) is 8.78 Å². The smallest absolute Gasteiger partial charge is 0.289 e. The lowest BCUT2D eigenvalue weighted by atomic mass is 10.0. The van der Waals surface area contributed by atoms with Crippen molar-refractivity contribution in [3.8, 4) is 11.5 Å². The van der Waals surface area contributed by atoms with E-state index in [1.807, 2.05) is 0 Å². The molecule has 0 aliphatic carbocycles. The summed E-state index contributed by atoms with van der Waals surface area (Å²) in [7, 11) is 2.77. The minimum atomic E-state index is -3.42. The molecule has 1 aromatic carbocycles. The highest BCUT2D eigenvalue weighted by molar-refractivity contribution is 5.85. The normalized spacial score (nSPS) is 12.6. The lowest BCUT2D eigenvalue weighted by Crippen LogP contribution is -2.36. The fraction of sp³-hybridized carbons (Fsp3) is 0.455. The van der Waals surface area contributed by atoms with E-state index in [1.54, 1.807) is 6.07 Å². The zero-order valence-corrected chi connectivity index (χ0v) is 10.8. The molecule has 1 rings (SSSR count). The molecule has 104 valence electrons. The maximum absolute atomic E-state index is 13.3. The van der Waals surface area contributed by atoms with Gasteiger partial charge in [-0.15, -0.1) is 12.4 Å². The summed E-state index contributed by atoms with van der Waals surface area (Å²) in [5.74, 6) is -2.80. The van der Waals surface area contributed by atoms with Crippen LogP contribution in [0.2, 0.25) is 0 Å². The van der Waals surface area contributed by atoms with Crippen LogP contribution in [-0.2, 0) is 0 Å². The second-order valence-electron chi connectivity index (χ2n) is 3.50. The molecule has 0 amide bonds. The van der Waals surface area contributed by atoms with Crippen LogP contribution in [0.15, 0.2) is 18.2 Å². The molecule has 0 saturated heterocycles. The lowest BCUT2D eigenvalue weighted by molar-refractivity contribution is -0.0716. The second kappa shape index (κ2) is 6.72. The molecule has 0 heterocycles. The van der Waals surface area contributed by atoms with Gasteiger partial charge in [-0.2, -0.15) is 0 Å². The maximum atomic E-state index is 13.3. The maximum Gasteiger partial charge on any atom is 0.289 e. The van der Waals surface area contributed by atoms with Crippen molar-refractivity contribution in [2.45, 2.75) is 12.0 Å². The molecule has 3 N–H and O–H groups in total. The van der Waals surface area contributed by atoms with Gasteiger partial charge in [0.2, 0.25) is 0 Å². The van der Waals surface area contributed by atoms with E-state index in [2.05, 4.69) is 0 Å². The quantitative estimate of drug-likeness (QED) is 0.864. The third-order valence-corrected chi connectivity index (χ3v) is 2.44. The summed E-state index contributed by atoms with van der Waals surface area (Å²) in [5.41, 5.74) is 5.53. The van der Waals surface area contributed by atoms with Gasteiger partial charge in [-0.05, 0) is 18.2 Å². The van der Waals surface area contributed by atoms with E-state index < -0.39 is 18.6 Å². The van der Waals surface area contributed by atoms with Gasteiger partial charge in [0, 0.05) is 5.56 Å². The Morgan fingerprint density at radius 2 is 1.94 bits per heavy atom. The Morgan fingerprint density at radius 1 is 1.33 bits per heavy atom. The monoisotopic (exact) mass is 283 g/mol. The Balaban J connectivity index is 0.00000289. The molecule has 1 atom stereocenters. The van der Waals surface area contributed by atoms with E-state index >= 15 is 0 Å². The van der Waals surface area contributed by atoms with E-state index in [9.17, 15) is 8.78 Å². The first-order chi connectivity index (χ1) is 7.96. The van der Waals surface area contributed by atoms with Crippen molar-refractivity contribution in [1.82, 2.24) is 0 Å². The summed E-state index contributed by atoms with van der Waals surface area (Å²) in [6, 6.07) is 2.78. The molecule has 7 heteroatoms. The SMILES string of the molecule is COc1ccc(OC)c([C@@H](N)C(F)(F)CO)c1.Cl. The van der Waals surface area contributed by atoms with E-state index in [0.717, 1.165) is 0 Å². The number of hydrogen-bond acceptors (Lipinski definition) is 4. The largest absolute Gasteiger partial charge is 0.497 e. The zero-order valence-electron chi connectivity index (χ0n) is 10.0. The Hall–Kier alpha value is -1.11. The van der Waals surface area contributed by atoms with Crippen molar-refractivity contribution in [3.63, 3.8) is 0 Å². The third kappa shape index (κ3) is 3.44. The number of benzene rings is 1. The topological polar surface area (TPSA) is 64.7 Å². The number of aliphatic hydroxyl groups is 1. The standard InChI is InChI=1S/C11H15F2NO3.ClH/c1-16-7-3-4-9(17-2)8(5-7)10(14)11(12,13)6-15;/h3-5,10,15H,6,14H2,1-2H3;1H/t10-;/m1./s1. The lowest BCUT2D eigenvalue weighted by Gasteiger charge is -2.23. The molecule has 0 saturated carbocycles. The number of hydrogen-bond donors (Lipinski definition) is 2. The average Bonchev–Trinajstić information content (AvgIpc) is 2.36. The summed E-state index contributed by atoms with van der Waals surface area (Å²) in [5, 5.41) is 8.61. The zero-order chi connectivity index (χ0) is 13.1. The second-order valence-corrected chi connectivity index (χ2v) is 3.50. The van der Waals surface area contributed by atoms with Crippen molar-refractivity contribution in [1.29, 1.82) is 0 Å². The molecule has 0 aromatic heterocycles. The first-order valence-corrected chi connectivity index (χ1v) is 4.92. The molecular weight excluding hydrogens is 268 g/mol. The van der Waals surface area contributed by atoms with Crippen molar-refractivity contribution in [3.05, 3.63) is 23.8 Å². The minimum Gasteiger partial charge on any atom is -0.497 e. The summed E-state index contributed by atoms with van der Waals surface area (Å²) >= 11 is 0. The molecule has 1 aromatic rings. The number of ether oxygens (including phenoxy) is 2. The van der Waals surface area contributed by atoms with Crippen LogP contribution in [0, 0.1) is 0 Å². The van der Waals surface area contributed by atoms with E-state index in [4.69, 9.17) is 20.3 Å². The first-order valence-electron chi connectivity index (χ1n) is 4.92. The summed E-state index contributed by atoms with van der Waals surface area (Å²) in [4.78, 5) is 0. The predicted octanol–water partition coefficient (Wildman–Crippen LogP) is 1.75. The van der Waals surface area contributed by atoms with Gasteiger partial charge >= 0.3 is 0 Å². The molecular formula is C11H16ClF2NO3. The van der Waals surface area contributed by atoms with Crippen molar-refractivity contribution >= 4 is 12.4 Å². The Morgan fingerprint density at radius 3 is 2.39 bits per heavy atom. The van der Waals surface area contributed by atoms with Crippen LogP contribution < -0.4 is 15.2 Å². The third-order valence-electron chi connectivity index (χ3n) is 2.44. The van der Waals surface area contributed by atoms with Gasteiger partial charge in [0.1, 0.15) is 24.1 Å². The van der Waals surface area contributed by atoms with Gasteiger partial charge in [-0.3, -0.25) is 0 Å². The molecule has 0 aliphatic heterocycles. The van der Waals surface area contributed by atoms with Crippen molar-refractivity contribution in [2.75, 3.05) is 20.8 Å². The Labute approximate surface area is 110 Å². The minimum absolute atomic E-state index is 0. The van der Waals surface area contributed by atoms with Crippen LogP contribution in [0.3, 0.4) is 0 Å². The molecule has 0 radical (unpaired) electrons. The summed E-state index contributed by atoms with van der Waals surface area (Å²) in [6.45, 7) is -1.32. The molecule has 4 nitrogen and oxygen atoms in total. The number of rotatable bonds is 5. The fourth-order valence-electron chi connectivity index (χ4n) is 1.41. The first kappa shape index (κ1) is 16.9. The van der Waals surface area contributed by atoms with Gasteiger partial charge in [0.15, 0.2) is 0 Å². The number of aliphatic hydroxyl groups excluding tert-OH is 1. The molecule has 0 bridgehead atoms. The van der Waals surface area contributed by atoms with Gasteiger partial charge in [0.25, 0.3) is 5.92 Å². The number of alkyl halides is 2. The Kier molecular flexibility index (Phi) is 6.31.